The van der Waals surface area contributed by atoms with Gasteiger partial charge in [0, 0.05) is 6.42 Å². The van der Waals surface area contributed by atoms with Gasteiger partial charge in [-0.25, -0.2) is 0 Å². The lowest BCUT2D eigenvalue weighted by atomic mass is 9.99. The first-order valence-electron chi connectivity index (χ1n) is 32.5. The second kappa shape index (κ2) is 56.1. The minimum Gasteiger partial charge on any atom is -0.454 e. The van der Waals surface area contributed by atoms with Crippen LogP contribution in [0.25, 0.3) is 0 Å². The number of amides is 1. The standard InChI is InChI=1S/C69H119NO10/c1-4-7-10-13-16-19-22-25-26-27-28-29-30-31-32-33-34-35-36-39-42-45-48-51-54-57-64(74)80-67-66(76)65(75)63(58-71)79-69(67)78-59-60(61(72)55-52-49-46-43-40-37-23-20-17-14-11-8-5-2)70-68(77)62(73)56-53-50-47-44-41-38-24-21-18-15-12-9-6-3/h9,12,16,18-19,21,25-26,28-29,31-32,38,41,52,55,60-63,65-67,69,71-73,75-76H,4-8,10-11,13-15,17,20,22-24,27,30,33-37,39-40,42-51,53-54,56-59H2,1-3H3,(H,70,77)/b12-9+,19-16-,21-18+,26-25-,29-28-,32-31-,41-38+,55-52+. The number of esters is 1. The van der Waals surface area contributed by atoms with Gasteiger partial charge in [0.2, 0.25) is 5.91 Å². The Labute approximate surface area is 488 Å². The fraction of sp³-hybridized carbons (Fsp3) is 0.739. The molecule has 11 heteroatoms. The van der Waals surface area contributed by atoms with Gasteiger partial charge in [-0.05, 0) is 103 Å². The molecule has 0 saturated carbocycles. The summed E-state index contributed by atoms with van der Waals surface area (Å²) >= 11 is 0. The molecule has 80 heavy (non-hydrogen) atoms. The largest absolute Gasteiger partial charge is 0.454 e. The van der Waals surface area contributed by atoms with Crippen molar-refractivity contribution < 1.29 is 49.3 Å². The molecule has 8 unspecified atom stereocenters. The summed E-state index contributed by atoms with van der Waals surface area (Å²) in [6.45, 7) is 5.63. The summed E-state index contributed by atoms with van der Waals surface area (Å²) in [5.41, 5.74) is 0. The van der Waals surface area contributed by atoms with Gasteiger partial charge in [0.05, 0.1) is 25.4 Å². The summed E-state index contributed by atoms with van der Waals surface area (Å²) in [5, 5.41) is 57.0. The molecule has 0 aromatic carbocycles. The highest BCUT2D eigenvalue weighted by Crippen LogP contribution is 2.26. The van der Waals surface area contributed by atoms with Gasteiger partial charge in [0.25, 0.3) is 0 Å². The maximum atomic E-state index is 13.4. The fourth-order valence-corrected chi connectivity index (χ4v) is 9.59. The zero-order valence-electron chi connectivity index (χ0n) is 50.9. The lowest BCUT2D eigenvalue weighted by Crippen LogP contribution is -2.61. The summed E-state index contributed by atoms with van der Waals surface area (Å²) in [5.74, 6) is -1.23. The quantitative estimate of drug-likeness (QED) is 0.0195. The fourth-order valence-electron chi connectivity index (χ4n) is 9.59. The van der Waals surface area contributed by atoms with Gasteiger partial charge in [-0.3, -0.25) is 9.59 Å². The Kier molecular flexibility index (Phi) is 52.3. The molecular formula is C69H119NO10. The highest BCUT2D eigenvalue weighted by Gasteiger charge is 2.47. The average molecular weight is 1120 g/mol. The maximum Gasteiger partial charge on any atom is 0.306 e. The molecular weight excluding hydrogens is 1000 g/mol. The van der Waals surface area contributed by atoms with Crippen molar-refractivity contribution in [3.63, 3.8) is 0 Å². The van der Waals surface area contributed by atoms with Crippen molar-refractivity contribution in [3.05, 3.63) is 97.2 Å². The smallest absolute Gasteiger partial charge is 0.306 e. The summed E-state index contributed by atoms with van der Waals surface area (Å²) in [6.07, 6.45) is 64.4. The molecule has 1 saturated heterocycles. The zero-order valence-corrected chi connectivity index (χ0v) is 50.9. The van der Waals surface area contributed by atoms with E-state index in [1.165, 1.54) is 109 Å². The molecule has 1 amide bonds. The molecule has 1 fully saturated rings. The first kappa shape index (κ1) is 74.6. The number of nitrogens with one attached hydrogen (secondary N) is 1. The third-order valence-electron chi connectivity index (χ3n) is 14.7. The second-order valence-corrected chi connectivity index (χ2v) is 22.1. The van der Waals surface area contributed by atoms with E-state index in [0.29, 0.717) is 12.8 Å². The van der Waals surface area contributed by atoms with E-state index in [4.69, 9.17) is 14.2 Å². The molecule has 1 rings (SSSR count). The predicted octanol–water partition coefficient (Wildman–Crippen LogP) is 15.9. The number of aliphatic hydroxyl groups is 5. The molecule has 1 aliphatic heterocycles. The van der Waals surface area contributed by atoms with Crippen LogP contribution in [0.4, 0.5) is 0 Å². The summed E-state index contributed by atoms with van der Waals surface area (Å²) in [7, 11) is 0. The van der Waals surface area contributed by atoms with Gasteiger partial charge < -0.3 is 45.1 Å². The molecule has 0 bridgehead atoms. The normalized spacial score (nSPS) is 19.4. The lowest BCUT2D eigenvalue weighted by molar-refractivity contribution is -0.305. The monoisotopic (exact) mass is 1120 g/mol. The molecule has 460 valence electrons. The Bertz CT molecular complexity index is 1670. The molecule has 0 radical (unpaired) electrons. The van der Waals surface area contributed by atoms with E-state index >= 15 is 0 Å². The summed E-state index contributed by atoms with van der Waals surface area (Å²) in [4.78, 5) is 26.6. The molecule has 0 aromatic heterocycles. The van der Waals surface area contributed by atoms with Gasteiger partial charge in [-0.1, -0.05) is 253 Å². The number of ether oxygens (including phenoxy) is 3. The van der Waals surface area contributed by atoms with Crippen LogP contribution in [0.1, 0.15) is 265 Å². The second-order valence-electron chi connectivity index (χ2n) is 22.1. The maximum absolute atomic E-state index is 13.4. The van der Waals surface area contributed by atoms with Crippen molar-refractivity contribution in [3.8, 4) is 0 Å². The number of rotatable bonds is 54. The SMILES string of the molecule is CC/C=C/C/C=C/C/C=C/CCCCCC(O)C(=O)NC(COC1OC(CO)C(O)C(O)C1OC(=O)CCCCCCCCCCC/C=C\C/C=C\C/C=C\C/C=C\CCCCC)C(O)/C=C/CCCCCCCCCCCCC. The Balaban J connectivity index is 2.63. The molecule has 1 heterocycles. The molecule has 6 N–H and O–H groups in total. The number of carbonyl (C=O) groups excluding carboxylic acids is 2. The van der Waals surface area contributed by atoms with Crippen molar-refractivity contribution in [2.24, 2.45) is 0 Å². The van der Waals surface area contributed by atoms with Crippen molar-refractivity contribution in [1.29, 1.82) is 0 Å². The van der Waals surface area contributed by atoms with E-state index in [0.717, 1.165) is 109 Å². The number of hydrogen-bond acceptors (Lipinski definition) is 10. The van der Waals surface area contributed by atoms with E-state index in [1.54, 1.807) is 6.08 Å². The first-order chi connectivity index (χ1) is 39.2. The number of unbranched alkanes of at least 4 members (excludes halogenated alkanes) is 26. The molecule has 1 aliphatic rings. The Morgan fingerprint density at radius 2 is 0.900 bits per heavy atom. The van der Waals surface area contributed by atoms with Crippen LogP contribution in [0, 0.1) is 0 Å². The van der Waals surface area contributed by atoms with E-state index in [9.17, 15) is 35.1 Å². The number of allylic oxidation sites excluding steroid dienone is 15. The Hall–Kier alpha value is -3.42. The van der Waals surface area contributed by atoms with Crippen LogP contribution in [0.3, 0.4) is 0 Å². The number of carbonyl (C=O) groups is 2. The molecule has 11 nitrogen and oxygen atoms in total. The highest BCUT2D eigenvalue weighted by atomic mass is 16.7. The minimum absolute atomic E-state index is 0.109. The minimum atomic E-state index is -1.63. The van der Waals surface area contributed by atoms with Crippen molar-refractivity contribution in [1.82, 2.24) is 5.32 Å². The molecule has 0 aromatic rings. The summed E-state index contributed by atoms with van der Waals surface area (Å²) in [6, 6.07) is -1.04. The van der Waals surface area contributed by atoms with Crippen LogP contribution in [-0.4, -0.2) is 99.6 Å². The molecule has 0 aliphatic carbocycles. The van der Waals surface area contributed by atoms with Crippen LogP contribution in [-0.2, 0) is 23.8 Å². The van der Waals surface area contributed by atoms with E-state index in [2.05, 4.69) is 111 Å². The van der Waals surface area contributed by atoms with Crippen molar-refractivity contribution in [2.75, 3.05) is 13.2 Å². The van der Waals surface area contributed by atoms with Crippen LogP contribution in [0.5, 0.6) is 0 Å². The van der Waals surface area contributed by atoms with Gasteiger partial charge in [0.15, 0.2) is 12.4 Å². The topological polar surface area (TPSA) is 175 Å². The Morgan fingerprint density at radius 1 is 0.500 bits per heavy atom. The van der Waals surface area contributed by atoms with E-state index in [-0.39, 0.29) is 19.4 Å². The number of hydrogen-bond donors (Lipinski definition) is 6. The van der Waals surface area contributed by atoms with Crippen LogP contribution in [0.15, 0.2) is 97.2 Å². The summed E-state index contributed by atoms with van der Waals surface area (Å²) < 4.78 is 17.6. The van der Waals surface area contributed by atoms with Crippen LogP contribution in [0.2, 0.25) is 0 Å². The lowest BCUT2D eigenvalue weighted by Gasteiger charge is -2.41. The van der Waals surface area contributed by atoms with Gasteiger partial charge in [-0.15, -0.1) is 0 Å². The number of aliphatic hydroxyl groups excluding tert-OH is 5. The van der Waals surface area contributed by atoms with Crippen LogP contribution < -0.4 is 5.32 Å². The predicted molar refractivity (Wildman–Crippen MR) is 333 cm³/mol. The zero-order chi connectivity index (χ0) is 58.2. The van der Waals surface area contributed by atoms with E-state index in [1.807, 2.05) is 6.08 Å². The third-order valence-corrected chi connectivity index (χ3v) is 14.7. The van der Waals surface area contributed by atoms with Gasteiger partial charge in [-0.2, -0.15) is 0 Å². The Morgan fingerprint density at radius 3 is 1.38 bits per heavy atom. The highest BCUT2D eigenvalue weighted by molar-refractivity contribution is 5.80. The molecule has 0 spiro atoms. The molecule has 8 atom stereocenters. The van der Waals surface area contributed by atoms with Gasteiger partial charge >= 0.3 is 5.97 Å². The first-order valence-corrected chi connectivity index (χ1v) is 32.5. The average Bonchev–Trinajstić information content (AvgIpc) is 3.45. The van der Waals surface area contributed by atoms with Crippen LogP contribution >= 0.6 is 0 Å². The third kappa shape index (κ3) is 43.3. The van der Waals surface area contributed by atoms with E-state index < -0.39 is 67.4 Å². The van der Waals surface area contributed by atoms with Gasteiger partial charge in [0.1, 0.15) is 24.4 Å². The van der Waals surface area contributed by atoms with Crippen molar-refractivity contribution >= 4 is 11.9 Å². The van der Waals surface area contributed by atoms with Crippen molar-refractivity contribution in [2.45, 2.75) is 314 Å².